The molecule has 102 valence electrons. The Hall–Kier alpha value is -0.290. The van der Waals surface area contributed by atoms with Gasteiger partial charge in [0.2, 0.25) is 0 Å². The van der Waals surface area contributed by atoms with Crippen molar-refractivity contribution in [2.75, 3.05) is 6.54 Å². The van der Waals surface area contributed by atoms with Crippen LogP contribution in [0.2, 0.25) is 5.02 Å². The topological polar surface area (TPSA) is 29.1 Å². The molecule has 2 fully saturated rings. The smallest absolute Gasteiger partial charge is 0.252 e. The maximum atomic E-state index is 12.2. The van der Waals surface area contributed by atoms with Gasteiger partial charge in [0.1, 0.15) is 0 Å². The molecular weight excluding hydrogens is 373 g/mol. The molecule has 0 atom stereocenters. The average Bonchev–Trinajstić information content (AvgIpc) is 3.25. The predicted molar refractivity (Wildman–Crippen MR) is 85.4 cm³/mol. The summed E-state index contributed by atoms with van der Waals surface area (Å²) in [5.41, 5.74) is 0.693. The third kappa shape index (κ3) is 3.43. The summed E-state index contributed by atoms with van der Waals surface area (Å²) >= 11 is 8.14. The van der Waals surface area contributed by atoms with Gasteiger partial charge in [-0.1, -0.05) is 11.6 Å². The quantitative estimate of drug-likeness (QED) is 0.755. The van der Waals surface area contributed by atoms with Crippen LogP contribution in [0.1, 0.15) is 36.0 Å². The van der Waals surface area contributed by atoms with Crippen LogP contribution in [0.4, 0.5) is 0 Å². The van der Waals surface area contributed by atoms with E-state index in [1.165, 1.54) is 25.7 Å². The van der Waals surface area contributed by atoms with Crippen LogP contribution in [0.3, 0.4) is 0 Å². The van der Waals surface area contributed by atoms with E-state index in [0.717, 1.165) is 22.0 Å². The molecule has 0 unspecified atom stereocenters. The van der Waals surface area contributed by atoms with Crippen molar-refractivity contribution in [1.82, 2.24) is 5.32 Å². The van der Waals surface area contributed by atoms with Gasteiger partial charge in [-0.2, -0.15) is 0 Å². The number of rotatable bonds is 5. The number of halogens is 2. The predicted octanol–water partition coefficient (Wildman–Crippen LogP) is 4.11. The van der Waals surface area contributed by atoms with Crippen LogP contribution in [0, 0.1) is 21.3 Å². The summed E-state index contributed by atoms with van der Waals surface area (Å²) in [6.45, 7) is 0.830. The van der Waals surface area contributed by atoms with Gasteiger partial charge in [0.25, 0.3) is 5.91 Å². The molecule has 0 radical (unpaired) electrons. The van der Waals surface area contributed by atoms with Crippen molar-refractivity contribution in [3.63, 3.8) is 0 Å². The second-order valence-electron chi connectivity index (χ2n) is 5.67. The van der Waals surface area contributed by atoms with Crippen LogP contribution in [-0.4, -0.2) is 12.5 Å². The van der Waals surface area contributed by atoms with Crippen molar-refractivity contribution in [1.29, 1.82) is 0 Å². The Balaban J connectivity index is 1.62. The Labute approximate surface area is 132 Å². The maximum absolute atomic E-state index is 12.2. The lowest BCUT2D eigenvalue weighted by Gasteiger charge is -2.16. The number of carbonyl (C=O) groups excluding carboxylic acids is 1. The zero-order chi connectivity index (χ0) is 13.4. The number of hydrogen-bond acceptors (Lipinski definition) is 1. The minimum atomic E-state index is 0.0122. The second-order valence-corrected chi connectivity index (χ2v) is 7.27. The van der Waals surface area contributed by atoms with E-state index in [0.29, 0.717) is 16.5 Å². The summed E-state index contributed by atoms with van der Waals surface area (Å²) in [4.78, 5) is 12.2. The molecule has 2 aliphatic rings. The van der Waals surface area contributed by atoms with Crippen molar-refractivity contribution in [2.24, 2.45) is 17.8 Å². The van der Waals surface area contributed by atoms with E-state index in [-0.39, 0.29) is 5.91 Å². The van der Waals surface area contributed by atoms with Crippen LogP contribution >= 0.6 is 34.2 Å². The Morgan fingerprint density at radius 3 is 2.53 bits per heavy atom. The zero-order valence-electron chi connectivity index (χ0n) is 10.7. The van der Waals surface area contributed by atoms with E-state index in [1.54, 1.807) is 6.07 Å². The first-order chi connectivity index (χ1) is 9.15. The number of nitrogens with one attached hydrogen (secondary N) is 1. The van der Waals surface area contributed by atoms with Gasteiger partial charge >= 0.3 is 0 Å². The van der Waals surface area contributed by atoms with Crippen LogP contribution in [0.25, 0.3) is 0 Å². The molecule has 1 N–H and O–H groups in total. The SMILES string of the molecule is O=C(NCC(C1CC1)C1CC1)c1cc(Cl)ccc1I. The average molecular weight is 390 g/mol. The Morgan fingerprint density at radius 2 is 1.95 bits per heavy atom. The van der Waals surface area contributed by atoms with E-state index < -0.39 is 0 Å². The standard InChI is InChI=1S/C15H17ClINO/c16-11-5-6-14(17)12(7-11)15(19)18-8-13(9-1-2-9)10-3-4-10/h5-7,9-10,13H,1-4,8H2,(H,18,19). The highest BCUT2D eigenvalue weighted by Gasteiger charge is 2.41. The highest BCUT2D eigenvalue weighted by molar-refractivity contribution is 14.1. The number of benzene rings is 1. The summed E-state index contributed by atoms with van der Waals surface area (Å²) in [6.07, 6.45) is 5.41. The fourth-order valence-electron chi connectivity index (χ4n) is 2.74. The van der Waals surface area contributed by atoms with Crippen molar-refractivity contribution >= 4 is 40.1 Å². The molecule has 1 amide bonds. The van der Waals surface area contributed by atoms with E-state index in [1.807, 2.05) is 12.1 Å². The summed E-state index contributed by atoms with van der Waals surface area (Å²) < 4.78 is 0.953. The fraction of sp³-hybridized carbons (Fsp3) is 0.533. The number of hydrogen-bond donors (Lipinski definition) is 1. The third-order valence-electron chi connectivity index (χ3n) is 4.13. The van der Waals surface area contributed by atoms with Gasteiger partial charge in [0.15, 0.2) is 0 Å². The molecule has 0 saturated heterocycles. The normalized spacial score (nSPS) is 18.7. The lowest BCUT2D eigenvalue weighted by Crippen LogP contribution is -2.31. The molecule has 0 heterocycles. The van der Waals surface area contributed by atoms with Crippen molar-refractivity contribution in [2.45, 2.75) is 25.7 Å². The first kappa shape index (κ1) is 13.7. The lowest BCUT2D eigenvalue weighted by molar-refractivity contribution is 0.0942. The van der Waals surface area contributed by atoms with Gasteiger partial charge in [0, 0.05) is 15.1 Å². The monoisotopic (exact) mass is 389 g/mol. The maximum Gasteiger partial charge on any atom is 0.252 e. The minimum absolute atomic E-state index is 0.0122. The molecule has 0 aliphatic heterocycles. The minimum Gasteiger partial charge on any atom is -0.352 e. The van der Waals surface area contributed by atoms with Crippen LogP contribution in [-0.2, 0) is 0 Å². The van der Waals surface area contributed by atoms with Gasteiger partial charge in [-0.15, -0.1) is 0 Å². The van der Waals surface area contributed by atoms with Gasteiger partial charge in [0.05, 0.1) is 5.56 Å². The second kappa shape index (κ2) is 5.60. The molecule has 2 aliphatic carbocycles. The Morgan fingerprint density at radius 1 is 1.32 bits per heavy atom. The Bertz CT molecular complexity index is 485. The van der Waals surface area contributed by atoms with Gasteiger partial charge in [-0.3, -0.25) is 4.79 Å². The molecule has 1 aromatic rings. The molecule has 1 aromatic carbocycles. The Kier molecular flexibility index (Phi) is 4.03. The van der Waals surface area contributed by atoms with E-state index in [9.17, 15) is 4.79 Å². The molecule has 0 bridgehead atoms. The van der Waals surface area contributed by atoms with Crippen LogP contribution in [0.5, 0.6) is 0 Å². The van der Waals surface area contributed by atoms with E-state index in [4.69, 9.17) is 11.6 Å². The zero-order valence-corrected chi connectivity index (χ0v) is 13.6. The van der Waals surface area contributed by atoms with Gasteiger partial charge < -0.3 is 5.32 Å². The number of carbonyl (C=O) groups is 1. The first-order valence-corrected chi connectivity index (χ1v) is 8.34. The molecule has 4 heteroatoms. The van der Waals surface area contributed by atoms with Crippen LogP contribution in [0.15, 0.2) is 18.2 Å². The van der Waals surface area contributed by atoms with Gasteiger partial charge in [-0.25, -0.2) is 0 Å². The van der Waals surface area contributed by atoms with Crippen molar-refractivity contribution in [3.05, 3.63) is 32.4 Å². The fourth-order valence-corrected chi connectivity index (χ4v) is 3.50. The third-order valence-corrected chi connectivity index (χ3v) is 5.30. The molecule has 2 saturated carbocycles. The summed E-state index contributed by atoms with van der Waals surface area (Å²) in [6, 6.07) is 5.45. The summed E-state index contributed by atoms with van der Waals surface area (Å²) in [5, 5.41) is 3.72. The van der Waals surface area contributed by atoms with Gasteiger partial charge in [-0.05, 0) is 84.2 Å². The highest BCUT2D eigenvalue weighted by atomic mass is 127. The van der Waals surface area contributed by atoms with E-state index in [2.05, 4.69) is 27.9 Å². The molecule has 0 aromatic heterocycles. The first-order valence-electron chi connectivity index (χ1n) is 6.88. The summed E-state index contributed by atoms with van der Waals surface area (Å²) in [5.74, 6) is 2.46. The molecule has 0 spiro atoms. The summed E-state index contributed by atoms with van der Waals surface area (Å²) in [7, 11) is 0. The number of amides is 1. The molecule has 19 heavy (non-hydrogen) atoms. The van der Waals surface area contributed by atoms with Crippen LogP contribution < -0.4 is 5.32 Å². The largest absolute Gasteiger partial charge is 0.352 e. The van der Waals surface area contributed by atoms with Crippen molar-refractivity contribution in [3.8, 4) is 0 Å². The molecule has 3 rings (SSSR count). The molecule has 2 nitrogen and oxygen atoms in total. The highest BCUT2D eigenvalue weighted by Crippen LogP contribution is 2.48. The van der Waals surface area contributed by atoms with Crippen molar-refractivity contribution < 1.29 is 4.79 Å². The van der Waals surface area contributed by atoms with E-state index >= 15 is 0 Å². The molecular formula is C15H17ClINO. The lowest BCUT2D eigenvalue weighted by atomic mass is 9.98.